The Kier molecular flexibility index (Phi) is 5.98. The van der Waals surface area contributed by atoms with Crippen molar-refractivity contribution in [3.63, 3.8) is 0 Å². The molecule has 0 aromatic heterocycles. The minimum absolute atomic E-state index is 0.119. The fraction of sp³-hybridized carbons (Fsp3) is 0.571. The maximum atomic E-state index is 12.3. The molecule has 0 radical (unpaired) electrons. The highest BCUT2D eigenvalue weighted by molar-refractivity contribution is 7.89. The molecule has 1 rings (SSSR count). The third-order valence-electron chi connectivity index (χ3n) is 3.57. The van der Waals surface area contributed by atoms with Crippen molar-refractivity contribution in [3.8, 4) is 5.75 Å². The average Bonchev–Trinajstić information content (AvgIpc) is 2.45. The quantitative estimate of drug-likeness (QED) is 0.822. The lowest BCUT2D eigenvalue weighted by atomic mass is 10.1. The summed E-state index contributed by atoms with van der Waals surface area (Å²) >= 11 is 0. The van der Waals surface area contributed by atoms with Gasteiger partial charge < -0.3 is 10.5 Å². The molecule has 20 heavy (non-hydrogen) atoms. The molecule has 114 valence electrons. The molecule has 0 aliphatic heterocycles. The van der Waals surface area contributed by atoms with Gasteiger partial charge in [0, 0.05) is 19.6 Å². The number of hydrogen-bond donors (Lipinski definition) is 1. The molecule has 6 heteroatoms. The van der Waals surface area contributed by atoms with E-state index < -0.39 is 15.3 Å². The molecule has 5 nitrogen and oxygen atoms in total. The summed E-state index contributed by atoms with van der Waals surface area (Å²) in [6.45, 7) is 3.63. The summed E-state index contributed by atoms with van der Waals surface area (Å²) in [5, 5.41) is -0.576. The molecule has 0 heterocycles. The van der Waals surface area contributed by atoms with Crippen LogP contribution in [0.25, 0.3) is 0 Å². The predicted molar refractivity (Wildman–Crippen MR) is 81.4 cm³/mol. The molecule has 2 unspecified atom stereocenters. The van der Waals surface area contributed by atoms with Gasteiger partial charge in [0.05, 0.1) is 12.4 Å². The fourth-order valence-corrected chi connectivity index (χ4v) is 3.36. The molecule has 1 aromatic rings. The van der Waals surface area contributed by atoms with Gasteiger partial charge >= 0.3 is 0 Å². The minimum Gasteiger partial charge on any atom is -0.496 e. The first-order chi connectivity index (χ1) is 9.34. The molecular weight excluding hydrogens is 276 g/mol. The molecule has 0 saturated heterocycles. The number of nitrogens with two attached hydrogens (primary N) is 1. The van der Waals surface area contributed by atoms with E-state index in [1.54, 1.807) is 21.1 Å². The highest BCUT2D eigenvalue weighted by Gasteiger charge is 2.28. The highest BCUT2D eigenvalue weighted by atomic mass is 32.2. The maximum absolute atomic E-state index is 12.3. The van der Waals surface area contributed by atoms with Crippen molar-refractivity contribution in [2.45, 2.75) is 31.6 Å². The predicted octanol–water partition coefficient (Wildman–Crippen LogP) is 1.23. The minimum atomic E-state index is -3.36. The average molecular weight is 300 g/mol. The first-order valence-electron chi connectivity index (χ1n) is 6.63. The summed E-state index contributed by atoms with van der Waals surface area (Å²) < 4.78 is 31.2. The van der Waals surface area contributed by atoms with Crippen LogP contribution in [-0.2, 0) is 16.4 Å². The Labute approximate surface area is 121 Å². The van der Waals surface area contributed by atoms with Gasteiger partial charge in [0.15, 0.2) is 0 Å². The van der Waals surface area contributed by atoms with Gasteiger partial charge in [-0.2, -0.15) is 0 Å². The molecule has 1 aromatic carbocycles. The number of likely N-dealkylation sites (N-methyl/N-ethyl adjacent to an activating group) is 1. The summed E-state index contributed by atoms with van der Waals surface area (Å²) in [5.74, 6) is 0.775. The van der Waals surface area contributed by atoms with Crippen LogP contribution in [0.2, 0.25) is 0 Å². The largest absolute Gasteiger partial charge is 0.496 e. The van der Waals surface area contributed by atoms with Crippen molar-refractivity contribution in [1.82, 2.24) is 4.31 Å². The number of benzene rings is 1. The third-order valence-corrected chi connectivity index (χ3v) is 5.94. The van der Waals surface area contributed by atoms with Crippen molar-refractivity contribution < 1.29 is 13.2 Å². The lowest BCUT2D eigenvalue weighted by Gasteiger charge is -2.27. The van der Waals surface area contributed by atoms with E-state index in [4.69, 9.17) is 10.5 Å². The van der Waals surface area contributed by atoms with E-state index in [0.717, 1.165) is 11.3 Å². The standard InChI is InChI=1S/C14H24N2O3S/c1-11(16(3)20(17,18)12(2)10-15)9-13-7-5-6-8-14(13)19-4/h5-8,11-12H,9-10,15H2,1-4H3. The van der Waals surface area contributed by atoms with Gasteiger partial charge in [-0.15, -0.1) is 0 Å². The molecule has 2 N–H and O–H groups in total. The Morgan fingerprint density at radius 1 is 1.30 bits per heavy atom. The number of hydrogen-bond acceptors (Lipinski definition) is 4. The summed E-state index contributed by atoms with van der Waals surface area (Å²) in [6.07, 6.45) is 0.594. The zero-order valence-electron chi connectivity index (χ0n) is 12.5. The van der Waals surface area contributed by atoms with Crippen LogP contribution in [0.15, 0.2) is 24.3 Å². The van der Waals surface area contributed by atoms with Crippen LogP contribution in [0.3, 0.4) is 0 Å². The second-order valence-corrected chi connectivity index (χ2v) is 7.38. The van der Waals surface area contributed by atoms with E-state index in [9.17, 15) is 8.42 Å². The van der Waals surface area contributed by atoms with Gasteiger partial charge in [0.1, 0.15) is 5.75 Å². The molecule has 0 spiro atoms. The van der Waals surface area contributed by atoms with E-state index in [-0.39, 0.29) is 12.6 Å². The third kappa shape index (κ3) is 3.71. The van der Waals surface area contributed by atoms with Gasteiger partial charge in [0.25, 0.3) is 0 Å². The van der Waals surface area contributed by atoms with Crippen molar-refractivity contribution in [1.29, 1.82) is 0 Å². The number of ether oxygens (including phenoxy) is 1. The number of rotatable bonds is 7. The molecular formula is C14H24N2O3S. The molecule has 0 bridgehead atoms. The number of para-hydroxylation sites is 1. The Balaban J connectivity index is 2.88. The van der Waals surface area contributed by atoms with Gasteiger partial charge in [-0.3, -0.25) is 0 Å². The Bertz CT molecular complexity index is 531. The first kappa shape index (κ1) is 16.9. The molecule has 2 atom stereocenters. The van der Waals surface area contributed by atoms with E-state index in [2.05, 4.69) is 0 Å². The molecule has 0 saturated carbocycles. The lowest BCUT2D eigenvalue weighted by molar-refractivity contribution is 0.370. The molecule has 0 fully saturated rings. The van der Waals surface area contributed by atoms with Crippen LogP contribution >= 0.6 is 0 Å². The zero-order valence-corrected chi connectivity index (χ0v) is 13.4. The fourth-order valence-electron chi connectivity index (χ4n) is 1.97. The lowest BCUT2D eigenvalue weighted by Crippen LogP contribution is -2.43. The van der Waals surface area contributed by atoms with Crippen molar-refractivity contribution >= 4 is 10.0 Å². The molecule has 0 amide bonds. The Hall–Kier alpha value is -1.11. The number of methoxy groups -OCH3 is 1. The van der Waals surface area contributed by atoms with Crippen molar-refractivity contribution in [2.75, 3.05) is 20.7 Å². The van der Waals surface area contributed by atoms with Gasteiger partial charge in [0.2, 0.25) is 10.0 Å². The Morgan fingerprint density at radius 2 is 1.90 bits per heavy atom. The van der Waals surface area contributed by atoms with Crippen LogP contribution in [0, 0.1) is 0 Å². The zero-order chi connectivity index (χ0) is 15.3. The van der Waals surface area contributed by atoms with E-state index in [1.807, 2.05) is 31.2 Å². The van der Waals surface area contributed by atoms with Crippen LogP contribution in [-0.4, -0.2) is 44.7 Å². The molecule has 0 aliphatic carbocycles. The Morgan fingerprint density at radius 3 is 2.45 bits per heavy atom. The highest BCUT2D eigenvalue weighted by Crippen LogP contribution is 2.21. The number of nitrogens with zero attached hydrogens (tertiary/aromatic N) is 1. The maximum Gasteiger partial charge on any atom is 0.217 e. The molecule has 0 aliphatic rings. The van der Waals surface area contributed by atoms with Gasteiger partial charge in [-0.25, -0.2) is 12.7 Å². The summed E-state index contributed by atoms with van der Waals surface area (Å²) in [7, 11) is -0.150. The topological polar surface area (TPSA) is 72.6 Å². The van der Waals surface area contributed by atoms with Crippen LogP contribution in [0.1, 0.15) is 19.4 Å². The monoisotopic (exact) mass is 300 g/mol. The van der Waals surface area contributed by atoms with Crippen molar-refractivity contribution in [2.24, 2.45) is 5.73 Å². The smallest absolute Gasteiger partial charge is 0.217 e. The van der Waals surface area contributed by atoms with Crippen molar-refractivity contribution in [3.05, 3.63) is 29.8 Å². The van der Waals surface area contributed by atoms with Gasteiger partial charge in [-0.1, -0.05) is 18.2 Å². The van der Waals surface area contributed by atoms with E-state index >= 15 is 0 Å². The normalized spacial score (nSPS) is 15.1. The second-order valence-electron chi connectivity index (χ2n) is 4.97. The first-order valence-corrected chi connectivity index (χ1v) is 8.13. The SMILES string of the molecule is COc1ccccc1CC(C)N(C)S(=O)(=O)C(C)CN. The van der Waals surface area contributed by atoms with Crippen LogP contribution < -0.4 is 10.5 Å². The number of sulfonamides is 1. The van der Waals surface area contributed by atoms with Gasteiger partial charge in [-0.05, 0) is 31.9 Å². The summed E-state index contributed by atoms with van der Waals surface area (Å²) in [4.78, 5) is 0. The van der Waals surface area contributed by atoms with E-state index in [0.29, 0.717) is 6.42 Å². The van der Waals surface area contributed by atoms with E-state index in [1.165, 1.54) is 4.31 Å². The summed E-state index contributed by atoms with van der Waals surface area (Å²) in [6, 6.07) is 7.47. The second kappa shape index (κ2) is 7.06. The van der Waals surface area contributed by atoms with Crippen LogP contribution in [0.5, 0.6) is 5.75 Å². The summed E-state index contributed by atoms with van der Waals surface area (Å²) in [5.41, 5.74) is 6.46. The van der Waals surface area contributed by atoms with Crippen LogP contribution in [0.4, 0.5) is 0 Å².